The van der Waals surface area contributed by atoms with Crippen molar-refractivity contribution in [3.05, 3.63) is 0 Å². The monoisotopic (exact) mass is 258 g/mol. The Morgan fingerprint density at radius 3 is 2.08 bits per heavy atom. The van der Waals surface area contributed by atoms with E-state index in [1.807, 2.05) is 0 Å². The van der Waals surface area contributed by atoms with Crippen LogP contribution in [-0.2, 0) is 15.1 Å². The number of urea groups is 1. The highest BCUT2D eigenvalue weighted by atomic mass is 79.9. The molecule has 7 nitrogen and oxygen atoms in total. The number of nitrogens with zero attached hydrogens (tertiary/aromatic N) is 2. The van der Waals surface area contributed by atoms with Crippen molar-refractivity contribution >= 4 is 38.4 Å². The summed E-state index contributed by atoms with van der Waals surface area (Å²) >= 11 is 2.52. The number of imide groups is 1. The fourth-order valence-corrected chi connectivity index (χ4v) is 1.60. The van der Waals surface area contributed by atoms with E-state index in [0.29, 0.717) is 3.93 Å². The molecule has 12 heavy (non-hydrogen) atoms. The average molecular weight is 259 g/mol. The van der Waals surface area contributed by atoms with Gasteiger partial charge in [-0.15, -0.1) is 0 Å². The highest BCUT2D eigenvalue weighted by Crippen LogP contribution is 2.16. The van der Waals surface area contributed by atoms with Crippen LogP contribution >= 0.6 is 16.1 Å². The Morgan fingerprint density at radius 1 is 1.42 bits per heavy atom. The van der Waals surface area contributed by atoms with Crippen LogP contribution in [0.25, 0.3) is 0 Å². The van der Waals surface area contributed by atoms with Crippen molar-refractivity contribution in [3.8, 4) is 0 Å². The molecule has 0 spiro atoms. The van der Waals surface area contributed by atoms with Gasteiger partial charge in [0.1, 0.15) is 6.54 Å². The minimum Gasteiger partial charge on any atom is -0.271 e. The summed E-state index contributed by atoms with van der Waals surface area (Å²) in [5.41, 5.74) is 0. The third-order valence-electron chi connectivity index (χ3n) is 1.16. The Balaban J connectivity index is 3.01. The first-order chi connectivity index (χ1) is 5.34. The molecule has 0 radical (unpaired) electrons. The number of hydrogen-bond donors (Lipinski definition) is 1. The normalized spacial score (nSPS) is 19.2. The molecule has 68 valence electrons. The first kappa shape index (κ1) is 9.42. The minimum absolute atomic E-state index is 0.0457. The zero-order valence-corrected chi connectivity index (χ0v) is 7.87. The Morgan fingerprint density at radius 2 is 1.92 bits per heavy atom. The van der Waals surface area contributed by atoms with Gasteiger partial charge in [0.15, 0.2) is 0 Å². The molecule has 1 aliphatic rings. The largest absolute Gasteiger partial charge is 0.364 e. The highest BCUT2D eigenvalue weighted by molar-refractivity contribution is 9.08. The number of amides is 3. The van der Waals surface area contributed by atoms with E-state index < -0.39 is 28.8 Å². The summed E-state index contributed by atoms with van der Waals surface area (Å²) in [5, 5.41) is 0. The number of halogens is 1. The van der Waals surface area contributed by atoms with E-state index in [2.05, 4.69) is 16.1 Å². The SMILES string of the molecule is O=C1CN(S(=O)(=O)O)C(=O)N1Br. The summed E-state index contributed by atoms with van der Waals surface area (Å²) < 4.78 is 29.7. The van der Waals surface area contributed by atoms with Crippen LogP contribution in [0.1, 0.15) is 0 Å². The summed E-state index contributed by atoms with van der Waals surface area (Å²) in [6.07, 6.45) is 0. The lowest BCUT2D eigenvalue weighted by molar-refractivity contribution is -0.121. The molecule has 0 aliphatic carbocycles. The second-order valence-corrected chi connectivity index (χ2v) is 3.99. The molecule has 0 aromatic heterocycles. The van der Waals surface area contributed by atoms with E-state index in [0.717, 1.165) is 0 Å². The molecule has 1 heterocycles. The van der Waals surface area contributed by atoms with Crippen molar-refractivity contribution in [2.45, 2.75) is 0 Å². The summed E-state index contributed by atoms with van der Waals surface area (Å²) in [4.78, 5) is 21.5. The van der Waals surface area contributed by atoms with Gasteiger partial charge < -0.3 is 0 Å². The minimum atomic E-state index is -4.63. The molecule has 0 atom stereocenters. The van der Waals surface area contributed by atoms with E-state index in [1.165, 1.54) is 0 Å². The van der Waals surface area contributed by atoms with Gasteiger partial charge in [-0.25, -0.2) is 4.79 Å². The van der Waals surface area contributed by atoms with Crippen LogP contribution in [0, 0.1) is 0 Å². The van der Waals surface area contributed by atoms with Gasteiger partial charge in [-0.3, -0.25) is 9.35 Å². The highest BCUT2D eigenvalue weighted by Gasteiger charge is 2.41. The van der Waals surface area contributed by atoms with Crippen molar-refractivity contribution in [3.63, 3.8) is 0 Å². The quantitative estimate of drug-likeness (QED) is 0.384. The van der Waals surface area contributed by atoms with Crippen molar-refractivity contribution in [2.24, 2.45) is 0 Å². The van der Waals surface area contributed by atoms with Crippen molar-refractivity contribution in [1.29, 1.82) is 0 Å². The summed E-state index contributed by atoms with van der Waals surface area (Å²) in [5.74, 6) is -0.752. The fraction of sp³-hybridized carbons (Fsp3) is 0.333. The molecule has 0 aromatic rings. The molecule has 1 saturated heterocycles. The Labute approximate surface area is 76.1 Å². The topological polar surface area (TPSA) is 95.0 Å². The summed E-state index contributed by atoms with van der Waals surface area (Å²) in [6, 6.07) is -1.12. The van der Waals surface area contributed by atoms with Gasteiger partial charge in [-0.2, -0.15) is 16.6 Å². The number of hydrogen-bond acceptors (Lipinski definition) is 4. The first-order valence-corrected chi connectivity index (χ1v) is 4.72. The average Bonchev–Trinajstić information content (AvgIpc) is 2.15. The van der Waals surface area contributed by atoms with Crippen LogP contribution in [0.4, 0.5) is 4.79 Å². The molecule has 1 fully saturated rings. The molecule has 3 amide bonds. The van der Waals surface area contributed by atoms with Crippen LogP contribution in [0.5, 0.6) is 0 Å². The van der Waals surface area contributed by atoms with Crippen LogP contribution in [-0.4, -0.2) is 39.7 Å². The van der Waals surface area contributed by atoms with E-state index in [1.54, 1.807) is 0 Å². The Bertz CT molecular complexity index is 337. The summed E-state index contributed by atoms with van der Waals surface area (Å²) in [6.45, 7) is -0.678. The van der Waals surface area contributed by atoms with E-state index in [-0.39, 0.29) is 4.31 Å². The van der Waals surface area contributed by atoms with Gasteiger partial charge >= 0.3 is 16.3 Å². The van der Waals surface area contributed by atoms with Gasteiger partial charge in [0.05, 0.1) is 16.1 Å². The second kappa shape index (κ2) is 2.68. The molecule has 9 heteroatoms. The zero-order chi connectivity index (χ0) is 9.52. The van der Waals surface area contributed by atoms with Crippen LogP contribution in [0.2, 0.25) is 0 Å². The van der Waals surface area contributed by atoms with Crippen molar-refractivity contribution < 1.29 is 22.6 Å². The number of carbonyl (C=O) groups excluding carboxylic acids is 2. The van der Waals surface area contributed by atoms with E-state index in [4.69, 9.17) is 4.55 Å². The molecule has 0 saturated carbocycles. The van der Waals surface area contributed by atoms with Crippen LogP contribution in [0.3, 0.4) is 0 Å². The molecular formula is C3H3BrN2O5S. The fourth-order valence-electron chi connectivity index (χ4n) is 0.637. The molecular weight excluding hydrogens is 256 g/mol. The van der Waals surface area contributed by atoms with Crippen LogP contribution in [0.15, 0.2) is 0 Å². The van der Waals surface area contributed by atoms with Gasteiger partial charge in [0.2, 0.25) is 0 Å². The maximum Gasteiger partial charge on any atom is 0.364 e. The van der Waals surface area contributed by atoms with Gasteiger partial charge in [0.25, 0.3) is 5.91 Å². The lowest BCUT2D eigenvalue weighted by Gasteiger charge is -2.07. The maximum atomic E-state index is 10.8. The van der Waals surface area contributed by atoms with Crippen molar-refractivity contribution in [2.75, 3.05) is 6.54 Å². The summed E-state index contributed by atoms with van der Waals surface area (Å²) in [7, 11) is -4.63. The third-order valence-corrected chi connectivity index (χ3v) is 2.70. The zero-order valence-electron chi connectivity index (χ0n) is 5.47. The molecule has 1 N–H and O–H groups in total. The van der Waals surface area contributed by atoms with Gasteiger partial charge in [-0.05, 0) is 0 Å². The van der Waals surface area contributed by atoms with E-state index >= 15 is 0 Å². The maximum absolute atomic E-state index is 10.8. The molecule has 1 rings (SSSR count). The lowest BCUT2D eigenvalue weighted by atomic mass is 10.7. The molecule has 0 bridgehead atoms. The standard InChI is InChI=1S/C3H3BrN2O5S/c4-6-2(7)1-5(3(6)8)12(9,10)11/h1H2,(H,9,10,11). The second-order valence-electron chi connectivity index (χ2n) is 1.94. The predicted octanol–water partition coefficient (Wildman–Crippen LogP) is -0.637. The number of rotatable bonds is 1. The molecule has 1 aliphatic heterocycles. The van der Waals surface area contributed by atoms with Crippen LogP contribution < -0.4 is 0 Å². The molecule has 0 aromatic carbocycles. The van der Waals surface area contributed by atoms with Gasteiger partial charge in [0, 0.05) is 0 Å². The lowest BCUT2D eigenvalue weighted by Crippen LogP contribution is -2.32. The van der Waals surface area contributed by atoms with Crippen molar-refractivity contribution in [1.82, 2.24) is 8.23 Å². The third kappa shape index (κ3) is 1.42. The molecule has 0 unspecified atom stereocenters. The van der Waals surface area contributed by atoms with E-state index in [9.17, 15) is 18.0 Å². The Kier molecular flexibility index (Phi) is 2.10. The van der Waals surface area contributed by atoms with Gasteiger partial charge in [-0.1, -0.05) is 0 Å². The Hall–Kier alpha value is -0.670. The first-order valence-electron chi connectivity index (χ1n) is 2.62. The smallest absolute Gasteiger partial charge is 0.271 e. The predicted molar refractivity (Wildman–Crippen MR) is 39.4 cm³/mol. The number of carbonyl (C=O) groups is 2.